The van der Waals surface area contributed by atoms with Crippen molar-refractivity contribution in [1.82, 2.24) is 10.2 Å². The van der Waals surface area contributed by atoms with Crippen LogP contribution in [-0.4, -0.2) is 44.0 Å². The molecule has 19 heavy (non-hydrogen) atoms. The van der Waals surface area contributed by atoms with Crippen LogP contribution in [0.25, 0.3) is 0 Å². The third-order valence-electron chi connectivity index (χ3n) is 2.80. The highest BCUT2D eigenvalue weighted by Gasteiger charge is 2.14. The van der Waals surface area contributed by atoms with Crippen LogP contribution in [0.1, 0.15) is 29.8 Å². The van der Waals surface area contributed by atoms with Crippen LogP contribution in [-0.2, 0) is 0 Å². The van der Waals surface area contributed by atoms with Crippen LogP contribution in [0.4, 0.5) is 5.69 Å². The van der Waals surface area contributed by atoms with Gasteiger partial charge in [0.2, 0.25) is 0 Å². The van der Waals surface area contributed by atoms with Gasteiger partial charge in [0.05, 0.1) is 5.56 Å². The van der Waals surface area contributed by atoms with Crippen LogP contribution in [0, 0.1) is 6.92 Å². The van der Waals surface area contributed by atoms with Gasteiger partial charge in [-0.2, -0.15) is 0 Å². The minimum atomic E-state index is -0.0229. The van der Waals surface area contributed by atoms with Gasteiger partial charge < -0.3 is 15.5 Å². The van der Waals surface area contributed by atoms with Crippen molar-refractivity contribution in [1.29, 1.82) is 0 Å². The molecule has 0 saturated carbocycles. The minimum Gasteiger partial charge on any atom is -0.385 e. The summed E-state index contributed by atoms with van der Waals surface area (Å²) in [6.07, 6.45) is 0. The van der Waals surface area contributed by atoms with Crippen molar-refractivity contribution < 1.29 is 4.79 Å². The molecule has 1 aromatic rings. The molecule has 0 fully saturated rings. The predicted octanol–water partition coefficient (Wildman–Crippen LogP) is 2.11. The van der Waals surface area contributed by atoms with E-state index in [9.17, 15) is 4.79 Å². The van der Waals surface area contributed by atoms with E-state index >= 15 is 0 Å². The number of hydrogen-bond donors (Lipinski definition) is 2. The van der Waals surface area contributed by atoms with E-state index < -0.39 is 0 Å². The van der Waals surface area contributed by atoms with Crippen molar-refractivity contribution in [3.63, 3.8) is 0 Å². The second-order valence-corrected chi connectivity index (χ2v) is 5.22. The summed E-state index contributed by atoms with van der Waals surface area (Å²) >= 11 is 0. The molecule has 2 N–H and O–H groups in total. The first kappa shape index (κ1) is 15.5. The number of amides is 1. The maximum absolute atomic E-state index is 12.3. The first-order valence-electron chi connectivity index (χ1n) is 6.74. The molecule has 0 aromatic heterocycles. The molecule has 0 aliphatic heterocycles. The summed E-state index contributed by atoms with van der Waals surface area (Å²) in [7, 11) is 4.00. The Balaban J connectivity index is 2.81. The number of nitrogens with one attached hydrogen (secondary N) is 2. The summed E-state index contributed by atoms with van der Waals surface area (Å²) in [5, 5.41) is 6.27. The van der Waals surface area contributed by atoms with E-state index in [0.717, 1.165) is 24.3 Å². The molecule has 0 radical (unpaired) electrons. The van der Waals surface area contributed by atoms with Gasteiger partial charge >= 0.3 is 0 Å². The van der Waals surface area contributed by atoms with Gasteiger partial charge in [-0.3, -0.25) is 4.79 Å². The summed E-state index contributed by atoms with van der Waals surface area (Å²) in [5.41, 5.74) is 2.75. The quantitative estimate of drug-likeness (QED) is 0.826. The number of carbonyl (C=O) groups excluding carboxylic acids is 1. The van der Waals surface area contributed by atoms with Gasteiger partial charge in [-0.25, -0.2) is 0 Å². The lowest BCUT2D eigenvalue weighted by molar-refractivity contribution is 0.0935. The normalized spacial score (nSPS) is 12.3. The molecule has 0 aliphatic carbocycles. The number of benzene rings is 1. The summed E-state index contributed by atoms with van der Waals surface area (Å²) in [4.78, 5) is 14.3. The predicted molar refractivity (Wildman–Crippen MR) is 80.8 cm³/mol. The lowest BCUT2D eigenvalue weighted by atomic mass is 10.1. The van der Waals surface area contributed by atoms with E-state index in [1.807, 2.05) is 53.1 Å². The van der Waals surface area contributed by atoms with Crippen LogP contribution < -0.4 is 10.6 Å². The largest absolute Gasteiger partial charge is 0.385 e. The van der Waals surface area contributed by atoms with Crippen molar-refractivity contribution in [2.75, 3.05) is 32.5 Å². The molecule has 0 saturated heterocycles. The fourth-order valence-electron chi connectivity index (χ4n) is 2.09. The molecule has 4 heteroatoms. The summed E-state index contributed by atoms with van der Waals surface area (Å²) < 4.78 is 0. The first-order valence-corrected chi connectivity index (χ1v) is 6.74. The van der Waals surface area contributed by atoms with E-state index in [-0.39, 0.29) is 11.9 Å². The molecule has 1 aromatic carbocycles. The van der Waals surface area contributed by atoms with Crippen LogP contribution in [0.2, 0.25) is 0 Å². The number of anilines is 1. The zero-order chi connectivity index (χ0) is 14.4. The Morgan fingerprint density at radius 2 is 2.05 bits per heavy atom. The van der Waals surface area contributed by atoms with Crippen molar-refractivity contribution in [2.45, 2.75) is 26.8 Å². The Morgan fingerprint density at radius 3 is 2.63 bits per heavy atom. The smallest absolute Gasteiger partial charge is 0.253 e. The third-order valence-corrected chi connectivity index (χ3v) is 2.80. The van der Waals surface area contributed by atoms with Crippen LogP contribution in [0.3, 0.4) is 0 Å². The lowest BCUT2D eigenvalue weighted by Gasteiger charge is -2.19. The van der Waals surface area contributed by atoms with E-state index in [1.165, 1.54) is 0 Å². The monoisotopic (exact) mass is 263 g/mol. The van der Waals surface area contributed by atoms with Gasteiger partial charge in [-0.15, -0.1) is 0 Å². The summed E-state index contributed by atoms with van der Waals surface area (Å²) in [6, 6.07) is 5.98. The van der Waals surface area contributed by atoms with E-state index in [0.29, 0.717) is 5.56 Å². The first-order chi connectivity index (χ1) is 8.93. The maximum atomic E-state index is 12.3. The van der Waals surface area contributed by atoms with E-state index in [4.69, 9.17) is 0 Å². The fourth-order valence-corrected chi connectivity index (χ4v) is 2.09. The highest BCUT2D eigenvalue weighted by molar-refractivity contribution is 5.99. The minimum absolute atomic E-state index is 0.0229. The van der Waals surface area contributed by atoms with Crippen molar-refractivity contribution in [2.24, 2.45) is 0 Å². The van der Waals surface area contributed by atoms with Crippen LogP contribution in [0.5, 0.6) is 0 Å². The van der Waals surface area contributed by atoms with Crippen molar-refractivity contribution in [3.05, 3.63) is 29.3 Å². The highest BCUT2D eigenvalue weighted by atomic mass is 16.1. The van der Waals surface area contributed by atoms with E-state index in [1.54, 1.807) is 0 Å². The van der Waals surface area contributed by atoms with Crippen molar-refractivity contribution in [3.8, 4) is 0 Å². The standard InChI is InChI=1S/C15H25N3O/c1-6-16-14-9-11(2)7-8-13(14)15(19)17-12(3)10-18(4)5/h7-9,12,16H,6,10H2,1-5H3,(H,17,19). The van der Waals surface area contributed by atoms with Crippen LogP contribution >= 0.6 is 0 Å². The van der Waals surface area contributed by atoms with Gasteiger partial charge in [0, 0.05) is 24.8 Å². The molecule has 0 heterocycles. The Labute approximate surface area is 116 Å². The van der Waals surface area contributed by atoms with Crippen LogP contribution in [0.15, 0.2) is 18.2 Å². The number of rotatable bonds is 6. The molecule has 1 rings (SSSR count). The fraction of sp³-hybridized carbons (Fsp3) is 0.533. The van der Waals surface area contributed by atoms with Gasteiger partial charge in [-0.05, 0) is 52.6 Å². The molecule has 1 unspecified atom stereocenters. The Hall–Kier alpha value is -1.55. The third kappa shape index (κ3) is 4.91. The molecular formula is C15H25N3O. The Kier molecular flexibility index (Phi) is 5.83. The molecule has 1 amide bonds. The number of likely N-dealkylation sites (N-methyl/N-ethyl adjacent to an activating group) is 1. The number of nitrogens with zero attached hydrogens (tertiary/aromatic N) is 1. The summed E-state index contributed by atoms with van der Waals surface area (Å²) in [6.45, 7) is 7.69. The molecule has 0 spiro atoms. The molecule has 1 atom stereocenters. The van der Waals surface area contributed by atoms with Gasteiger partial charge in [0.1, 0.15) is 0 Å². The Morgan fingerprint density at radius 1 is 1.37 bits per heavy atom. The second kappa shape index (κ2) is 7.14. The van der Waals surface area contributed by atoms with Gasteiger partial charge in [0.15, 0.2) is 0 Å². The number of carbonyl (C=O) groups is 1. The van der Waals surface area contributed by atoms with Gasteiger partial charge in [-0.1, -0.05) is 6.07 Å². The topological polar surface area (TPSA) is 44.4 Å². The molecule has 0 bridgehead atoms. The Bertz CT molecular complexity index is 429. The van der Waals surface area contributed by atoms with Crippen molar-refractivity contribution >= 4 is 11.6 Å². The SMILES string of the molecule is CCNc1cc(C)ccc1C(=O)NC(C)CN(C)C. The highest BCUT2D eigenvalue weighted by Crippen LogP contribution is 2.17. The second-order valence-electron chi connectivity index (χ2n) is 5.22. The average Bonchev–Trinajstić information content (AvgIpc) is 2.27. The average molecular weight is 263 g/mol. The molecular weight excluding hydrogens is 238 g/mol. The summed E-state index contributed by atoms with van der Waals surface area (Å²) in [5.74, 6) is -0.0229. The molecule has 106 valence electrons. The zero-order valence-corrected chi connectivity index (χ0v) is 12.6. The van der Waals surface area contributed by atoms with Gasteiger partial charge in [0.25, 0.3) is 5.91 Å². The molecule has 0 aliphatic rings. The maximum Gasteiger partial charge on any atom is 0.253 e. The number of aryl methyl sites for hydroxylation is 1. The number of hydrogen-bond acceptors (Lipinski definition) is 3. The lowest BCUT2D eigenvalue weighted by Crippen LogP contribution is -2.39. The van der Waals surface area contributed by atoms with E-state index in [2.05, 4.69) is 15.5 Å². The zero-order valence-electron chi connectivity index (χ0n) is 12.6. The molecule has 4 nitrogen and oxygen atoms in total.